The summed E-state index contributed by atoms with van der Waals surface area (Å²) >= 11 is 0. The van der Waals surface area contributed by atoms with E-state index in [1.165, 1.54) is 12.6 Å². The lowest BCUT2D eigenvalue weighted by Gasteiger charge is -2.26. The molecular weight excluding hydrogens is 342 g/mol. The minimum Gasteiger partial charge on any atom is -0.439 e. The maximum atomic E-state index is 12.0. The number of nitrogens with zero attached hydrogens (tertiary/aromatic N) is 1. The molecule has 2 N–H and O–H groups in total. The van der Waals surface area contributed by atoms with Crippen molar-refractivity contribution in [2.24, 2.45) is 0 Å². The van der Waals surface area contributed by atoms with Gasteiger partial charge in [-0.25, -0.2) is 13.4 Å². The van der Waals surface area contributed by atoms with Gasteiger partial charge in [0.1, 0.15) is 5.75 Å². The minimum absolute atomic E-state index is 0.0782. The van der Waals surface area contributed by atoms with E-state index in [-0.39, 0.29) is 5.91 Å². The van der Waals surface area contributed by atoms with Gasteiger partial charge in [-0.3, -0.25) is 9.52 Å². The van der Waals surface area contributed by atoms with Crippen molar-refractivity contribution in [2.75, 3.05) is 11.0 Å². The topological polar surface area (TPSA) is 97.4 Å². The maximum absolute atomic E-state index is 12.0. The summed E-state index contributed by atoms with van der Waals surface area (Å²) in [7, 11) is -3.34. The third kappa shape index (κ3) is 4.93. The van der Waals surface area contributed by atoms with Gasteiger partial charge in [0.15, 0.2) is 0 Å². The Kier molecular flexibility index (Phi) is 4.89. The van der Waals surface area contributed by atoms with Crippen LogP contribution < -0.4 is 14.8 Å². The van der Waals surface area contributed by atoms with E-state index in [0.717, 1.165) is 19.1 Å². The molecule has 0 radical (unpaired) electrons. The number of nitrogens with one attached hydrogen (secondary N) is 2. The zero-order chi connectivity index (χ0) is 17.9. The van der Waals surface area contributed by atoms with E-state index in [1.54, 1.807) is 36.4 Å². The molecule has 1 aliphatic rings. The van der Waals surface area contributed by atoms with Gasteiger partial charge in [0.25, 0.3) is 5.91 Å². The molecule has 25 heavy (non-hydrogen) atoms. The Labute approximate surface area is 146 Å². The van der Waals surface area contributed by atoms with Crippen LogP contribution in [0, 0.1) is 0 Å². The van der Waals surface area contributed by atoms with Crippen molar-refractivity contribution in [3.63, 3.8) is 0 Å². The van der Waals surface area contributed by atoms with Crippen LogP contribution in [-0.2, 0) is 10.0 Å². The van der Waals surface area contributed by atoms with Gasteiger partial charge in [-0.05, 0) is 49.6 Å². The standard InChI is InChI=1S/C17H19N3O4S/c1-25(22,23)20-14-7-10-16(18-11-14)24-15-8-5-12(6-9-15)17(21)19-13-3-2-4-13/h5-11,13,20H,2-4H2,1H3,(H,19,21). The van der Waals surface area contributed by atoms with E-state index in [4.69, 9.17) is 4.74 Å². The fourth-order valence-corrected chi connectivity index (χ4v) is 2.88. The summed E-state index contributed by atoms with van der Waals surface area (Å²) in [6.45, 7) is 0. The quantitative estimate of drug-likeness (QED) is 0.824. The third-order valence-electron chi connectivity index (χ3n) is 3.82. The molecule has 0 bridgehead atoms. The maximum Gasteiger partial charge on any atom is 0.251 e. The predicted molar refractivity (Wildman–Crippen MR) is 94.3 cm³/mol. The number of anilines is 1. The number of rotatable bonds is 6. The predicted octanol–water partition coefficient (Wildman–Crippen LogP) is 2.53. The summed E-state index contributed by atoms with van der Waals surface area (Å²) < 4.78 is 30.2. The second kappa shape index (κ2) is 7.10. The highest BCUT2D eigenvalue weighted by molar-refractivity contribution is 7.92. The van der Waals surface area contributed by atoms with Crippen LogP contribution in [0.4, 0.5) is 5.69 Å². The van der Waals surface area contributed by atoms with Gasteiger partial charge in [0.2, 0.25) is 15.9 Å². The normalized spacial score (nSPS) is 14.4. The van der Waals surface area contributed by atoms with E-state index in [2.05, 4.69) is 15.0 Å². The zero-order valence-electron chi connectivity index (χ0n) is 13.7. The lowest BCUT2D eigenvalue weighted by molar-refractivity contribution is 0.0917. The Balaban J connectivity index is 1.60. The number of hydrogen-bond acceptors (Lipinski definition) is 5. The Hall–Kier alpha value is -2.61. The van der Waals surface area contributed by atoms with Crippen molar-refractivity contribution in [3.8, 4) is 11.6 Å². The van der Waals surface area contributed by atoms with E-state index in [1.807, 2.05) is 0 Å². The third-order valence-corrected chi connectivity index (χ3v) is 4.43. The highest BCUT2D eigenvalue weighted by atomic mass is 32.2. The molecule has 1 saturated carbocycles. The monoisotopic (exact) mass is 361 g/mol. The summed E-state index contributed by atoms with van der Waals surface area (Å²) in [5.41, 5.74) is 0.942. The van der Waals surface area contributed by atoms with Crippen molar-refractivity contribution in [2.45, 2.75) is 25.3 Å². The highest BCUT2D eigenvalue weighted by Gasteiger charge is 2.19. The number of ether oxygens (including phenoxy) is 1. The molecule has 1 heterocycles. The van der Waals surface area contributed by atoms with Gasteiger partial charge in [-0.15, -0.1) is 0 Å². The van der Waals surface area contributed by atoms with Crippen molar-refractivity contribution in [3.05, 3.63) is 48.2 Å². The largest absolute Gasteiger partial charge is 0.439 e. The van der Waals surface area contributed by atoms with Gasteiger partial charge in [-0.1, -0.05) is 0 Å². The second-order valence-corrected chi connectivity index (χ2v) is 7.74. The Morgan fingerprint density at radius 3 is 2.40 bits per heavy atom. The molecule has 3 rings (SSSR count). The minimum atomic E-state index is -3.34. The Bertz CT molecular complexity index is 844. The smallest absolute Gasteiger partial charge is 0.251 e. The number of pyridine rings is 1. The molecule has 8 heteroatoms. The number of aromatic nitrogens is 1. The molecule has 0 atom stereocenters. The number of hydrogen-bond donors (Lipinski definition) is 2. The average molecular weight is 361 g/mol. The molecule has 2 aromatic rings. The van der Waals surface area contributed by atoms with Gasteiger partial charge >= 0.3 is 0 Å². The summed E-state index contributed by atoms with van der Waals surface area (Å²) in [5, 5.41) is 2.98. The first-order valence-electron chi connectivity index (χ1n) is 7.92. The molecule has 1 aromatic heterocycles. The van der Waals surface area contributed by atoms with Crippen LogP contribution >= 0.6 is 0 Å². The number of sulfonamides is 1. The second-order valence-electron chi connectivity index (χ2n) is 5.99. The van der Waals surface area contributed by atoms with Crippen molar-refractivity contribution >= 4 is 21.6 Å². The fourth-order valence-electron chi connectivity index (χ4n) is 2.33. The molecular formula is C17H19N3O4S. The summed E-state index contributed by atoms with van der Waals surface area (Å²) in [6.07, 6.45) is 5.70. The zero-order valence-corrected chi connectivity index (χ0v) is 14.5. The molecule has 0 spiro atoms. The molecule has 0 saturated heterocycles. The summed E-state index contributed by atoms with van der Waals surface area (Å²) in [6, 6.07) is 10.2. The molecule has 7 nitrogen and oxygen atoms in total. The molecule has 1 aromatic carbocycles. The number of benzene rings is 1. The fraction of sp³-hybridized carbons (Fsp3) is 0.294. The summed E-state index contributed by atoms with van der Waals surface area (Å²) in [4.78, 5) is 16.1. The van der Waals surface area contributed by atoms with Crippen LogP contribution in [-0.4, -0.2) is 31.6 Å². The van der Waals surface area contributed by atoms with Gasteiger partial charge in [0.05, 0.1) is 18.1 Å². The first kappa shape index (κ1) is 17.2. The first-order chi connectivity index (χ1) is 11.9. The lowest BCUT2D eigenvalue weighted by Crippen LogP contribution is -2.39. The van der Waals surface area contributed by atoms with Gasteiger partial charge in [0, 0.05) is 17.7 Å². The SMILES string of the molecule is CS(=O)(=O)Nc1ccc(Oc2ccc(C(=O)NC3CCC3)cc2)nc1. The van der Waals surface area contributed by atoms with Crippen molar-refractivity contribution in [1.29, 1.82) is 0 Å². The van der Waals surface area contributed by atoms with Gasteiger partial charge < -0.3 is 10.1 Å². The van der Waals surface area contributed by atoms with Crippen LogP contribution in [0.2, 0.25) is 0 Å². The van der Waals surface area contributed by atoms with Crippen molar-refractivity contribution < 1.29 is 17.9 Å². The lowest BCUT2D eigenvalue weighted by atomic mass is 9.93. The average Bonchev–Trinajstić information content (AvgIpc) is 2.52. The van der Waals surface area contributed by atoms with E-state index < -0.39 is 10.0 Å². The van der Waals surface area contributed by atoms with E-state index >= 15 is 0 Å². The molecule has 0 unspecified atom stereocenters. The first-order valence-corrected chi connectivity index (χ1v) is 9.81. The molecule has 1 amide bonds. The van der Waals surface area contributed by atoms with Crippen molar-refractivity contribution in [1.82, 2.24) is 10.3 Å². The summed E-state index contributed by atoms with van der Waals surface area (Å²) in [5.74, 6) is 0.785. The number of carbonyl (C=O) groups excluding carboxylic acids is 1. The number of amides is 1. The van der Waals surface area contributed by atoms with Crippen LogP contribution in [0.15, 0.2) is 42.6 Å². The molecule has 0 aliphatic heterocycles. The molecule has 1 fully saturated rings. The highest BCUT2D eigenvalue weighted by Crippen LogP contribution is 2.22. The van der Waals surface area contributed by atoms with Crippen LogP contribution in [0.1, 0.15) is 29.6 Å². The molecule has 132 valence electrons. The molecule has 1 aliphatic carbocycles. The van der Waals surface area contributed by atoms with Crippen LogP contribution in [0.5, 0.6) is 11.6 Å². The van der Waals surface area contributed by atoms with E-state index in [0.29, 0.717) is 28.9 Å². The van der Waals surface area contributed by atoms with Crippen LogP contribution in [0.25, 0.3) is 0 Å². The Morgan fingerprint density at radius 1 is 1.16 bits per heavy atom. The van der Waals surface area contributed by atoms with Crippen LogP contribution in [0.3, 0.4) is 0 Å². The van der Waals surface area contributed by atoms with E-state index in [9.17, 15) is 13.2 Å². The Morgan fingerprint density at radius 2 is 1.88 bits per heavy atom. The van der Waals surface area contributed by atoms with Gasteiger partial charge in [-0.2, -0.15) is 0 Å². The number of carbonyl (C=O) groups is 1.